The van der Waals surface area contributed by atoms with Crippen LogP contribution < -0.4 is 15.4 Å². The van der Waals surface area contributed by atoms with Gasteiger partial charge in [0.15, 0.2) is 21.5 Å². The molecule has 0 aliphatic rings. The summed E-state index contributed by atoms with van der Waals surface area (Å²) >= 11 is 0. The standard InChI is InChI=1S/C11H20N4O3S/c1-4-12-10-9(18-3)11(15-8-14-10)13-6-7-19(16,17)5-2/h8H,4-7H2,1-3H3,(H2,12,13,14,15). The highest BCUT2D eigenvalue weighted by Crippen LogP contribution is 2.28. The van der Waals surface area contributed by atoms with Crippen molar-refractivity contribution in [2.75, 3.05) is 42.3 Å². The molecule has 0 unspecified atom stereocenters. The van der Waals surface area contributed by atoms with Gasteiger partial charge in [-0.05, 0) is 6.92 Å². The van der Waals surface area contributed by atoms with Crippen LogP contribution in [0.15, 0.2) is 6.33 Å². The monoisotopic (exact) mass is 288 g/mol. The molecule has 0 saturated heterocycles. The topological polar surface area (TPSA) is 93.2 Å². The summed E-state index contributed by atoms with van der Waals surface area (Å²) in [5, 5.41) is 6.01. The normalized spacial score (nSPS) is 11.1. The SMILES string of the molecule is CCNc1ncnc(NCCS(=O)(=O)CC)c1OC. The number of aromatic nitrogens is 2. The van der Waals surface area contributed by atoms with Crippen LogP contribution in [0.3, 0.4) is 0 Å². The molecule has 0 aliphatic carbocycles. The van der Waals surface area contributed by atoms with Gasteiger partial charge in [-0.25, -0.2) is 18.4 Å². The molecule has 0 bridgehead atoms. The van der Waals surface area contributed by atoms with Crippen molar-refractivity contribution in [3.8, 4) is 5.75 Å². The molecule has 108 valence electrons. The van der Waals surface area contributed by atoms with Crippen LogP contribution in [0.2, 0.25) is 0 Å². The number of nitrogens with zero attached hydrogens (tertiary/aromatic N) is 2. The van der Waals surface area contributed by atoms with E-state index in [0.717, 1.165) is 0 Å². The highest BCUT2D eigenvalue weighted by molar-refractivity contribution is 7.91. The lowest BCUT2D eigenvalue weighted by atomic mass is 10.4. The van der Waals surface area contributed by atoms with Crippen molar-refractivity contribution in [3.05, 3.63) is 6.33 Å². The maximum absolute atomic E-state index is 11.4. The molecule has 1 aromatic heterocycles. The summed E-state index contributed by atoms with van der Waals surface area (Å²) in [7, 11) is -1.47. The molecular weight excluding hydrogens is 268 g/mol. The van der Waals surface area contributed by atoms with Crippen molar-refractivity contribution < 1.29 is 13.2 Å². The van der Waals surface area contributed by atoms with E-state index in [4.69, 9.17) is 4.74 Å². The lowest BCUT2D eigenvalue weighted by Gasteiger charge is -2.13. The van der Waals surface area contributed by atoms with Crippen molar-refractivity contribution in [1.29, 1.82) is 0 Å². The maximum atomic E-state index is 11.4. The number of hydrogen-bond acceptors (Lipinski definition) is 7. The highest BCUT2D eigenvalue weighted by Gasteiger charge is 2.12. The number of ether oxygens (including phenoxy) is 1. The van der Waals surface area contributed by atoms with Gasteiger partial charge in [-0.3, -0.25) is 0 Å². The van der Waals surface area contributed by atoms with Crippen LogP contribution in [0.25, 0.3) is 0 Å². The highest BCUT2D eigenvalue weighted by atomic mass is 32.2. The number of anilines is 2. The second-order valence-electron chi connectivity index (χ2n) is 3.80. The smallest absolute Gasteiger partial charge is 0.204 e. The van der Waals surface area contributed by atoms with Gasteiger partial charge in [0.05, 0.1) is 12.9 Å². The van der Waals surface area contributed by atoms with E-state index in [-0.39, 0.29) is 18.1 Å². The largest absolute Gasteiger partial charge is 0.490 e. The van der Waals surface area contributed by atoms with Crippen LogP contribution >= 0.6 is 0 Å². The summed E-state index contributed by atoms with van der Waals surface area (Å²) in [6.45, 7) is 4.57. The summed E-state index contributed by atoms with van der Waals surface area (Å²) in [5.74, 6) is 1.75. The van der Waals surface area contributed by atoms with Crippen LogP contribution in [0.5, 0.6) is 5.75 Å². The number of rotatable bonds is 8. The second-order valence-corrected chi connectivity index (χ2v) is 6.27. The first-order valence-electron chi connectivity index (χ1n) is 6.11. The molecule has 0 aliphatic heterocycles. The molecule has 0 atom stereocenters. The summed E-state index contributed by atoms with van der Waals surface area (Å²) in [6.07, 6.45) is 1.40. The molecule has 0 aromatic carbocycles. The number of hydrogen-bond donors (Lipinski definition) is 2. The van der Waals surface area contributed by atoms with Crippen LogP contribution in [0.1, 0.15) is 13.8 Å². The van der Waals surface area contributed by atoms with Crippen LogP contribution in [-0.4, -0.2) is 50.1 Å². The summed E-state index contributed by atoms with van der Waals surface area (Å²) in [5.41, 5.74) is 0. The van der Waals surface area contributed by atoms with Crippen molar-refractivity contribution in [3.63, 3.8) is 0 Å². The summed E-state index contributed by atoms with van der Waals surface area (Å²) in [6, 6.07) is 0. The molecular formula is C11H20N4O3S. The third kappa shape index (κ3) is 4.55. The number of methoxy groups -OCH3 is 1. The van der Waals surface area contributed by atoms with Gasteiger partial charge in [0, 0.05) is 18.8 Å². The Labute approximate surface area is 113 Å². The minimum absolute atomic E-state index is 0.0627. The molecule has 1 heterocycles. The molecule has 0 amide bonds. The molecule has 2 N–H and O–H groups in total. The Hall–Kier alpha value is -1.57. The molecule has 0 fully saturated rings. The molecule has 0 radical (unpaired) electrons. The Morgan fingerprint density at radius 2 is 1.84 bits per heavy atom. The number of nitrogens with one attached hydrogen (secondary N) is 2. The third-order valence-electron chi connectivity index (χ3n) is 2.50. The van der Waals surface area contributed by atoms with E-state index in [1.165, 1.54) is 13.4 Å². The zero-order valence-electron chi connectivity index (χ0n) is 11.4. The van der Waals surface area contributed by atoms with E-state index in [9.17, 15) is 8.42 Å². The van der Waals surface area contributed by atoms with E-state index in [2.05, 4.69) is 20.6 Å². The fourth-order valence-electron chi connectivity index (χ4n) is 1.46. The van der Waals surface area contributed by atoms with E-state index in [1.54, 1.807) is 6.92 Å². The van der Waals surface area contributed by atoms with Gasteiger partial charge in [0.25, 0.3) is 0 Å². The van der Waals surface area contributed by atoms with Gasteiger partial charge < -0.3 is 15.4 Å². The molecule has 0 saturated carbocycles. The van der Waals surface area contributed by atoms with Gasteiger partial charge in [-0.1, -0.05) is 6.92 Å². The Morgan fingerprint density at radius 3 is 2.37 bits per heavy atom. The first kappa shape index (κ1) is 15.5. The first-order valence-corrected chi connectivity index (χ1v) is 7.93. The fourth-order valence-corrected chi connectivity index (χ4v) is 2.16. The molecule has 7 nitrogen and oxygen atoms in total. The van der Waals surface area contributed by atoms with Crippen molar-refractivity contribution in [2.45, 2.75) is 13.8 Å². The minimum Gasteiger partial charge on any atom is -0.490 e. The summed E-state index contributed by atoms with van der Waals surface area (Å²) < 4.78 is 28.0. The predicted octanol–water partition coefficient (Wildman–Crippen LogP) is 0.764. The van der Waals surface area contributed by atoms with Gasteiger partial charge >= 0.3 is 0 Å². The van der Waals surface area contributed by atoms with E-state index < -0.39 is 9.84 Å². The van der Waals surface area contributed by atoms with Gasteiger partial charge in [-0.2, -0.15) is 0 Å². The average Bonchev–Trinajstić information content (AvgIpc) is 2.39. The zero-order chi connectivity index (χ0) is 14.3. The lowest BCUT2D eigenvalue weighted by Crippen LogP contribution is -2.18. The second kappa shape index (κ2) is 7.13. The Kier molecular flexibility index (Phi) is 5.81. The molecule has 1 rings (SSSR count). The van der Waals surface area contributed by atoms with Crippen molar-refractivity contribution in [2.24, 2.45) is 0 Å². The molecule has 8 heteroatoms. The quantitative estimate of drug-likeness (QED) is 0.729. The average molecular weight is 288 g/mol. The van der Waals surface area contributed by atoms with Crippen molar-refractivity contribution >= 4 is 21.5 Å². The van der Waals surface area contributed by atoms with Crippen molar-refractivity contribution in [1.82, 2.24) is 9.97 Å². The maximum Gasteiger partial charge on any atom is 0.204 e. The van der Waals surface area contributed by atoms with E-state index >= 15 is 0 Å². The Morgan fingerprint density at radius 1 is 1.21 bits per heavy atom. The van der Waals surface area contributed by atoms with E-state index in [0.29, 0.717) is 23.9 Å². The summed E-state index contributed by atoms with van der Waals surface area (Å²) in [4.78, 5) is 8.12. The zero-order valence-corrected chi connectivity index (χ0v) is 12.2. The van der Waals surface area contributed by atoms with Crippen LogP contribution in [0.4, 0.5) is 11.6 Å². The minimum atomic E-state index is -2.99. The number of sulfone groups is 1. The van der Waals surface area contributed by atoms with Crippen LogP contribution in [0, 0.1) is 0 Å². The fraction of sp³-hybridized carbons (Fsp3) is 0.636. The van der Waals surface area contributed by atoms with Crippen LogP contribution in [-0.2, 0) is 9.84 Å². The predicted molar refractivity (Wildman–Crippen MR) is 75.6 cm³/mol. The Balaban J connectivity index is 2.75. The molecule has 0 spiro atoms. The molecule has 19 heavy (non-hydrogen) atoms. The van der Waals surface area contributed by atoms with E-state index in [1.807, 2.05) is 6.92 Å². The van der Waals surface area contributed by atoms with Gasteiger partial charge in [-0.15, -0.1) is 0 Å². The van der Waals surface area contributed by atoms with Gasteiger partial charge in [0.2, 0.25) is 5.75 Å². The molecule has 1 aromatic rings. The first-order chi connectivity index (χ1) is 9.04. The third-order valence-corrected chi connectivity index (χ3v) is 4.20. The Bertz CT molecular complexity index is 505. The van der Waals surface area contributed by atoms with Gasteiger partial charge in [0.1, 0.15) is 6.33 Å². The lowest BCUT2D eigenvalue weighted by molar-refractivity contribution is 0.414.